The molecule has 1 heterocycles. The summed E-state index contributed by atoms with van der Waals surface area (Å²) in [4.78, 5) is 16.6. The number of nitrogens with one attached hydrogen (secondary N) is 2. The predicted octanol–water partition coefficient (Wildman–Crippen LogP) is 2.67. The van der Waals surface area contributed by atoms with Crippen molar-refractivity contribution in [2.24, 2.45) is 0 Å². The van der Waals surface area contributed by atoms with Gasteiger partial charge in [-0.05, 0) is 25.3 Å². The number of nitrogens with zero attached hydrogens (tertiary/aromatic N) is 1. The van der Waals surface area contributed by atoms with E-state index in [1.54, 1.807) is 11.3 Å². The van der Waals surface area contributed by atoms with E-state index in [4.69, 9.17) is 0 Å². The Morgan fingerprint density at radius 1 is 1.30 bits per heavy atom. The molecule has 0 saturated carbocycles. The molecule has 0 aliphatic heterocycles. The number of aryl methyl sites for hydroxylation is 1. The van der Waals surface area contributed by atoms with E-state index < -0.39 is 0 Å². The zero-order valence-corrected chi connectivity index (χ0v) is 14.3. The molecule has 2 atom stereocenters. The topological polar surface area (TPSA) is 74.2 Å². The quantitative estimate of drug-likeness (QED) is 0.729. The summed E-state index contributed by atoms with van der Waals surface area (Å²) >= 11 is 1.60. The van der Waals surface area contributed by atoms with Crippen LogP contribution in [0.2, 0.25) is 0 Å². The number of aromatic nitrogens is 1. The summed E-state index contributed by atoms with van der Waals surface area (Å²) in [6.07, 6.45) is 1.49. The normalized spacial score (nSPS) is 13.3. The zero-order chi connectivity index (χ0) is 16.7. The molecule has 2 aromatic rings. The summed E-state index contributed by atoms with van der Waals surface area (Å²) in [5.41, 5.74) is 1.94. The molecule has 2 amide bonds. The second-order valence-corrected chi connectivity index (χ2v) is 6.37. The smallest absolute Gasteiger partial charge is 0.315 e. The van der Waals surface area contributed by atoms with Crippen LogP contribution in [-0.4, -0.2) is 28.8 Å². The van der Waals surface area contributed by atoms with Crippen LogP contribution in [0.1, 0.15) is 36.2 Å². The SMILES string of the molecule is CCc1nc(C(C)NC(=O)NC(CO)Cc2ccccc2)cs1. The van der Waals surface area contributed by atoms with E-state index in [-0.39, 0.29) is 24.7 Å². The Balaban J connectivity index is 1.86. The van der Waals surface area contributed by atoms with Crippen LogP contribution in [0.3, 0.4) is 0 Å². The monoisotopic (exact) mass is 333 g/mol. The maximum atomic E-state index is 12.1. The lowest BCUT2D eigenvalue weighted by Crippen LogP contribution is -2.45. The van der Waals surface area contributed by atoms with Crippen LogP contribution in [-0.2, 0) is 12.8 Å². The van der Waals surface area contributed by atoms with Crippen molar-refractivity contribution in [3.05, 3.63) is 52.0 Å². The highest BCUT2D eigenvalue weighted by molar-refractivity contribution is 7.09. The molecule has 0 radical (unpaired) electrons. The van der Waals surface area contributed by atoms with E-state index in [0.29, 0.717) is 6.42 Å². The Kier molecular flexibility index (Phi) is 6.55. The summed E-state index contributed by atoms with van der Waals surface area (Å²) in [6.45, 7) is 3.86. The van der Waals surface area contributed by atoms with E-state index >= 15 is 0 Å². The van der Waals surface area contributed by atoms with Gasteiger partial charge in [0.15, 0.2) is 0 Å². The molecule has 5 nitrogen and oxygen atoms in total. The van der Waals surface area contributed by atoms with Gasteiger partial charge in [0.25, 0.3) is 0 Å². The largest absolute Gasteiger partial charge is 0.394 e. The number of thiazole rings is 1. The number of hydrogen-bond acceptors (Lipinski definition) is 4. The van der Waals surface area contributed by atoms with E-state index in [9.17, 15) is 9.90 Å². The second-order valence-electron chi connectivity index (χ2n) is 5.43. The molecule has 6 heteroatoms. The summed E-state index contributed by atoms with van der Waals surface area (Å²) in [6, 6.07) is 9.02. The molecular weight excluding hydrogens is 310 g/mol. The number of carbonyl (C=O) groups is 1. The minimum atomic E-state index is -0.314. The number of carbonyl (C=O) groups excluding carboxylic acids is 1. The number of aliphatic hydroxyl groups excluding tert-OH is 1. The minimum absolute atomic E-state index is 0.104. The van der Waals surface area contributed by atoms with Crippen molar-refractivity contribution in [3.8, 4) is 0 Å². The van der Waals surface area contributed by atoms with Gasteiger partial charge in [-0.15, -0.1) is 11.3 Å². The summed E-state index contributed by atoms with van der Waals surface area (Å²) in [7, 11) is 0. The maximum absolute atomic E-state index is 12.1. The summed E-state index contributed by atoms with van der Waals surface area (Å²) in [5, 5.41) is 18.2. The van der Waals surface area contributed by atoms with Crippen LogP contribution in [0.5, 0.6) is 0 Å². The van der Waals surface area contributed by atoms with Crippen molar-refractivity contribution in [2.45, 2.75) is 38.8 Å². The first-order valence-electron chi connectivity index (χ1n) is 7.78. The van der Waals surface area contributed by atoms with Crippen LogP contribution in [0, 0.1) is 0 Å². The van der Waals surface area contributed by atoms with Crippen molar-refractivity contribution in [3.63, 3.8) is 0 Å². The first-order chi connectivity index (χ1) is 11.1. The Labute approximate surface area is 140 Å². The molecule has 0 fully saturated rings. The van der Waals surface area contributed by atoms with E-state index in [1.807, 2.05) is 42.6 Å². The molecule has 1 aromatic heterocycles. The van der Waals surface area contributed by atoms with Gasteiger partial charge in [-0.25, -0.2) is 9.78 Å². The highest BCUT2D eigenvalue weighted by atomic mass is 32.1. The second kappa shape index (κ2) is 8.64. The standard InChI is InChI=1S/C17H23N3O2S/c1-3-16-20-15(11-23-16)12(2)18-17(22)19-14(10-21)9-13-7-5-4-6-8-13/h4-8,11-12,14,21H,3,9-10H2,1-2H3,(H2,18,19,22). The number of hydrogen-bond donors (Lipinski definition) is 3. The number of amides is 2. The lowest BCUT2D eigenvalue weighted by atomic mass is 10.1. The third-order valence-electron chi connectivity index (χ3n) is 3.54. The molecule has 2 unspecified atom stereocenters. The van der Waals surface area contributed by atoms with Crippen LogP contribution in [0.15, 0.2) is 35.7 Å². The fraction of sp³-hybridized carbons (Fsp3) is 0.412. The van der Waals surface area contributed by atoms with Gasteiger partial charge in [-0.2, -0.15) is 0 Å². The molecule has 0 bridgehead atoms. The van der Waals surface area contributed by atoms with Gasteiger partial charge in [0, 0.05) is 5.38 Å². The highest BCUT2D eigenvalue weighted by Gasteiger charge is 2.16. The van der Waals surface area contributed by atoms with Crippen molar-refractivity contribution < 1.29 is 9.90 Å². The average molecular weight is 333 g/mol. The summed E-state index contributed by atoms with van der Waals surface area (Å²) in [5.74, 6) is 0. The number of benzene rings is 1. The van der Waals surface area contributed by atoms with Crippen molar-refractivity contribution >= 4 is 17.4 Å². The van der Waals surface area contributed by atoms with Gasteiger partial charge < -0.3 is 15.7 Å². The highest BCUT2D eigenvalue weighted by Crippen LogP contribution is 2.16. The molecule has 1 aromatic carbocycles. The number of aliphatic hydroxyl groups is 1. The number of rotatable bonds is 7. The third kappa shape index (κ3) is 5.33. The fourth-order valence-corrected chi connectivity index (χ4v) is 3.08. The Bertz CT molecular complexity index is 615. The van der Waals surface area contributed by atoms with Crippen molar-refractivity contribution in [2.75, 3.05) is 6.61 Å². The van der Waals surface area contributed by atoms with Crippen LogP contribution >= 0.6 is 11.3 Å². The molecule has 23 heavy (non-hydrogen) atoms. The first kappa shape index (κ1) is 17.4. The van der Waals surface area contributed by atoms with Gasteiger partial charge in [0.2, 0.25) is 0 Å². The summed E-state index contributed by atoms with van der Waals surface area (Å²) < 4.78 is 0. The van der Waals surface area contributed by atoms with Gasteiger partial charge in [-0.1, -0.05) is 37.3 Å². The molecule has 0 spiro atoms. The Morgan fingerprint density at radius 3 is 2.65 bits per heavy atom. The van der Waals surface area contributed by atoms with Gasteiger partial charge in [0.05, 0.1) is 29.4 Å². The van der Waals surface area contributed by atoms with E-state index in [2.05, 4.69) is 22.5 Å². The van der Waals surface area contributed by atoms with E-state index in [1.165, 1.54) is 0 Å². The predicted molar refractivity (Wildman–Crippen MR) is 92.6 cm³/mol. The van der Waals surface area contributed by atoms with E-state index in [0.717, 1.165) is 22.7 Å². The lowest BCUT2D eigenvalue weighted by Gasteiger charge is -2.19. The molecular formula is C17H23N3O2S. The first-order valence-corrected chi connectivity index (χ1v) is 8.66. The van der Waals surface area contributed by atoms with Crippen LogP contribution in [0.4, 0.5) is 4.79 Å². The minimum Gasteiger partial charge on any atom is -0.394 e. The Morgan fingerprint density at radius 2 is 2.04 bits per heavy atom. The lowest BCUT2D eigenvalue weighted by molar-refractivity contribution is 0.213. The fourth-order valence-electron chi connectivity index (χ4n) is 2.24. The van der Waals surface area contributed by atoms with Crippen molar-refractivity contribution in [1.29, 1.82) is 0 Å². The average Bonchev–Trinajstić information content (AvgIpc) is 3.04. The molecule has 0 aliphatic carbocycles. The third-order valence-corrected chi connectivity index (χ3v) is 4.56. The molecule has 2 rings (SSSR count). The van der Waals surface area contributed by atoms with Crippen molar-refractivity contribution in [1.82, 2.24) is 15.6 Å². The van der Waals surface area contributed by atoms with Crippen LogP contribution in [0.25, 0.3) is 0 Å². The molecule has 3 N–H and O–H groups in total. The van der Waals surface area contributed by atoms with Gasteiger partial charge >= 0.3 is 6.03 Å². The molecule has 0 aliphatic rings. The van der Waals surface area contributed by atoms with Crippen LogP contribution < -0.4 is 10.6 Å². The van der Waals surface area contributed by atoms with Gasteiger partial charge in [-0.3, -0.25) is 0 Å². The maximum Gasteiger partial charge on any atom is 0.315 e. The van der Waals surface area contributed by atoms with Gasteiger partial charge in [0.1, 0.15) is 0 Å². The Hall–Kier alpha value is -1.92. The molecule has 0 saturated heterocycles. The number of urea groups is 1. The zero-order valence-electron chi connectivity index (χ0n) is 13.5. The molecule has 124 valence electrons.